The fourth-order valence-corrected chi connectivity index (χ4v) is 3.45. The third-order valence-corrected chi connectivity index (χ3v) is 5.10. The minimum absolute atomic E-state index is 0.117. The largest absolute Gasteiger partial charge is 0.484 e. The van der Waals surface area contributed by atoms with Gasteiger partial charge >= 0.3 is 0 Å². The highest BCUT2D eigenvalue weighted by molar-refractivity contribution is 5.91. The van der Waals surface area contributed by atoms with Gasteiger partial charge in [0.15, 0.2) is 5.76 Å². The van der Waals surface area contributed by atoms with Crippen LogP contribution in [0.2, 0.25) is 0 Å². The second-order valence-corrected chi connectivity index (χ2v) is 7.18. The molecule has 142 valence electrons. The Morgan fingerprint density at radius 2 is 2.07 bits per heavy atom. The first-order valence-corrected chi connectivity index (χ1v) is 9.21. The van der Waals surface area contributed by atoms with E-state index in [0.717, 1.165) is 25.7 Å². The Hall–Kier alpha value is -2.78. The number of nitriles is 1. The smallest absolute Gasteiger partial charge is 0.287 e. The first kappa shape index (κ1) is 19.0. The van der Waals surface area contributed by atoms with Crippen LogP contribution in [0.5, 0.6) is 5.75 Å². The molecule has 27 heavy (non-hydrogen) atoms. The van der Waals surface area contributed by atoms with Crippen LogP contribution in [0.25, 0.3) is 0 Å². The van der Waals surface area contributed by atoms with Gasteiger partial charge in [0.1, 0.15) is 24.2 Å². The third-order valence-electron chi connectivity index (χ3n) is 5.10. The van der Waals surface area contributed by atoms with Crippen LogP contribution in [0.1, 0.15) is 54.5 Å². The van der Waals surface area contributed by atoms with E-state index in [4.69, 9.17) is 14.4 Å². The van der Waals surface area contributed by atoms with Crippen molar-refractivity contribution >= 4 is 5.91 Å². The Morgan fingerprint density at radius 1 is 1.33 bits per heavy atom. The van der Waals surface area contributed by atoms with E-state index in [9.17, 15) is 9.90 Å². The second kappa shape index (κ2) is 8.28. The average Bonchev–Trinajstić information content (AvgIpc) is 3.37. The number of carbonyl (C=O) groups excluding carboxylic acids is 1. The molecule has 0 spiro atoms. The number of aliphatic hydroxyl groups is 1. The number of rotatable bonds is 7. The highest BCUT2D eigenvalue weighted by atomic mass is 16.5. The molecule has 2 N–H and O–H groups in total. The van der Waals surface area contributed by atoms with Gasteiger partial charge in [-0.15, -0.1) is 0 Å². The van der Waals surface area contributed by atoms with Gasteiger partial charge in [-0.25, -0.2) is 0 Å². The topological polar surface area (TPSA) is 95.5 Å². The number of amides is 1. The van der Waals surface area contributed by atoms with Gasteiger partial charge in [0.2, 0.25) is 0 Å². The lowest BCUT2D eigenvalue weighted by Gasteiger charge is -2.30. The summed E-state index contributed by atoms with van der Waals surface area (Å²) in [4.78, 5) is 12.3. The van der Waals surface area contributed by atoms with Gasteiger partial charge < -0.3 is 19.6 Å². The van der Waals surface area contributed by atoms with Gasteiger partial charge in [-0.2, -0.15) is 5.26 Å². The molecule has 3 rings (SSSR count). The van der Waals surface area contributed by atoms with Crippen molar-refractivity contribution in [2.75, 3.05) is 6.54 Å². The minimum Gasteiger partial charge on any atom is -0.484 e. The van der Waals surface area contributed by atoms with Gasteiger partial charge in [-0.1, -0.05) is 25.0 Å². The highest BCUT2D eigenvalue weighted by Gasteiger charge is 2.34. The predicted octanol–water partition coefficient (Wildman–Crippen LogP) is 3.40. The number of hydrogen-bond acceptors (Lipinski definition) is 5. The van der Waals surface area contributed by atoms with Crippen molar-refractivity contribution in [1.82, 2.24) is 5.32 Å². The molecule has 0 bridgehead atoms. The van der Waals surface area contributed by atoms with Crippen LogP contribution in [0.3, 0.4) is 0 Å². The number of benzene rings is 1. The number of nitrogens with one attached hydrogen (secondary N) is 1. The standard InChI is InChI=1S/C21H24N2O4/c1-21(25,16-7-3-4-8-16)14-23-20(24)19-11-10-17(27-19)13-26-18-9-5-2-6-15(18)12-22/h2,5-6,9-11,16,25H,3-4,7-8,13-14H2,1H3,(H,23,24)/t21-/m0/s1. The summed E-state index contributed by atoms with van der Waals surface area (Å²) >= 11 is 0. The quantitative estimate of drug-likeness (QED) is 0.781. The van der Waals surface area contributed by atoms with Crippen molar-refractivity contribution in [2.24, 2.45) is 5.92 Å². The van der Waals surface area contributed by atoms with E-state index < -0.39 is 5.60 Å². The summed E-state index contributed by atoms with van der Waals surface area (Å²) in [6.07, 6.45) is 4.25. The molecule has 1 amide bonds. The van der Waals surface area contributed by atoms with E-state index in [1.807, 2.05) is 0 Å². The lowest BCUT2D eigenvalue weighted by atomic mass is 9.88. The van der Waals surface area contributed by atoms with Crippen molar-refractivity contribution < 1.29 is 19.1 Å². The predicted molar refractivity (Wildman–Crippen MR) is 99.1 cm³/mol. The Labute approximate surface area is 158 Å². The van der Waals surface area contributed by atoms with Crippen molar-refractivity contribution in [3.63, 3.8) is 0 Å². The van der Waals surface area contributed by atoms with Crippen LogP contribution in [-0.2, 0) is 6.61 Å². The molecule has 1 aromatic carbocycles. The molecule has 1 heterocycles. The van der Waals surface area contributed by atoms with Gasteiger partial charge in [-0.3, -0.25) is 4.79 Å². The van der Waals surface area contributed by atoms with E-state index in [0.29, 0.717) is 17.1 Å². The number of carbonyl (C=O) groups is 1. The Bertz CT molecular complexity index is 829. The molecule has 0 radical (unpaired) electrons. The lowest BCUT2D eigenvalue weighted by molar-refractivity contribution is 0.00260. The molecule has 1 atom stereocenters. The summed E-state index contributed by atoms with van der Waals surface area (Å²) in [6.45, 7) is 2.08. The van der Waals surface area contributed by atoms with E-state index >= 15 is 0 Å². The summed E-state index contributed by atoms with van der Waals surface area (Å²) in [7, 11) is 0. The third kappa shape index (κ3) is 4.69. The van der Waals surface area contributed by atoms with E-state index in [1.165, 1.54) is 0 Å². The molecule has 1 aliphatic carbocycles. The average molecular weight is 368 g/mol. The van der Waals surface area contributed by atoms with E-state index in [2.05, 4.69) is 11.4 Å². The van der Waals surface area contributed by atoms with Crippen molar-refractivity contribution in [1.29, 1.82) is 5.26 Å². The van der Waals surface area contributed by atoms with Crippen molar-refractivity contribution in [3.05, 3.63) is 53.5 Å². The molecule has 1 aromatic heterocycles. The molecule has 0 saturated heterocycles. The zero-order valence-electron chi connectivity index (χ0n) is 15.4. The summed E-state index contributed by atoms with van der Waals surface area (Å²) in [5, 5.41) is 22.4. The van der Waals surface area contributed by atoms with Gasteiger partial charge in [0.05, 0.1) is 11.2 Å². The summed E-state index contributed by atoms with van der Waals surface area (Å²) in [6, 6.07) is 12.2. The molecule has 0 aliphatic heterocycles. The fraction of sp³-hybridized carbons (Fsp3) is 0.429. The van der Waals surface area contributed by atoms with Gasteiger partial charge in [0.25, 0.3) is 5.91 Å². The van der Waals surface area contributed by atoms with Crippen LogP contribution in [0.15, 0.2) is 40.8 Å². The van der Waals surface area contributed by atoms with Gasteiger partial charge in [-0.05, 0) is 49.9 Å². The number of ether oxygens (including phenoxy) is 1. The number of hydrogen-bond donors (Lipinski definition) is 2. The second-order valence-electron chi connectivity index (χ2n) is 7.18. The maximum atomic E-state index is 12.3. The van der Waals surface area contributed by atoms with Gasteiger partial charge in [0, 0.05) is 6.54 Å². The number of furan rings is 1. The Morgan fingerprint density at radius 3 is 2.81 bits per heavy atom. The van der Waals surface area contributed by atoms with Crippen LogP contribution >= 0.6 is 0 Å². The van der Waals surface area contributed by atoms with E-state index in [1.54, 1.807) is 43.3 Å². The molecular formula is C21H24N2O4. The number of nitrogens with zero attached hydrogens (tertiary/aromatic N) is 1. The Kier molecular flexibility index (Phi) is 5.82. The Balaban J connectivity index is 1.54. The first-order valence-electron chi connectivity index (χ1n) is 9.21. The van der Waals surface area contributed by atoms with E-state index in [-0.39, 0.29) is 30.7 Å². The summed E-state index contributed by atoms with van der Waals surface area (Å²) in [5.41, 5.74) is -0.470. The zero-order valence-corrected chi connectivity index (χ0v) is 15.4. The maximum absolute atomic E-state index is 12.3. The summed E-state index contributed by atoms with van der Waals surface area (Å²) < 4.78 is 11.1. The van der Waals surface area contributed by atoms with Crippen molar-refractivity contribution in [2.45, 2.75) is 44.8 Å². The summed E-state index contributed by atoms with van der Waals surface area (Å²) in [5.74, 6) is 0.977. The van der Waals surface area contributed by atoms with Crippen LogP contribution in [0.4, 0.5) is 0 Å². The molecule has 6 heteroatoms. The molecule has 0 unspecified atom stereocenters. The molecular weight excluding hydrogens is 344 g/mol. The maximum Gasteiger partial charge on any atom is 0.287 e. The van der Waals surface area contributed by atoms with Crippen LogP contribution < -0.4 is 10.1 Å². The zero-order chi connectivity index (χ0) is 19.3. The minimum atomic E-state index is -0.911. The molecule has 1 aliphatic rings. The van der Waals surface area contributed by atoms with Crippen molar-refractivity contribution in [3.8, 4) is 11.8 Å². The first-order chi connectivity index (χ1) is 13.0. The van der Waals surface area contributed by atoms with Crippen LogP contribution in [0, 0.1) is 17.2 Å². The fourth-order valence-electron chi connectivity index (χ4n) is 3.45. The molecule has 2 aromatic rings. The normalized spacial score (nSPS) is 16.5. The molecule has 6 nitrogen and oxygen atoms in total. The SMILES string of the molecule is C[C@](O)(CNC(=O)c1ccc(COc2ccccc2C#N)o1)C1CCCC1. The molecule has 1 fully saturated rings. The van der Waals surface area contributed by atoms with Crippen LogP contribution in [-0.4, -0.2) is 23.2 Å². The monoisotopic (exact) mass is 368 g/mol. The molecule has 1 saturated carbocycles. The lowest BCUT2D eigenvalue weighted by Crippen LogP contribution is -2.45. The number of para-hydroxylation sites is 1. The highest BCUT2D eigenvalue weighted by Crippen LogP contribution is 2.33.